The summed E-state index contributed by atoms with van der Waals surface area (Å²) in [5, 5.41) is 3.35. The van der Waals surface area contributed by atoms with Crippen LogP contribution in [0.3, 0.4) is 0 Å². The lowest BCUT2D eigenvalue weighted by Crippen LogP contribution is -2.18. The average molecular weight is 229 g/mol. The number of hydrogen-bond acceptors (Lipinski definition) is 2. The van der Waals surface area contributed by atoms with Crippen molar-refractivity contribution in [3.63, 3.8) is 0 Å². The molecule has 0 aliphatic carbocycles. The maximum Gasteiger partial charge on any atom is 0.101 e. The molecule has 17 heavy (non-hydrogen) atoms. The molecule has 1 aromatic heterocycles. The van der Waals surface area contributed by atoms with E-state index in [4.69, 9.17) is 4.42 Å². The summed E-state index contributed by atoms with van der Waals surface area (Å²) in [6, 6.07) is 8.84. The summed E-state index contributed by atoms with van der Waals surface area (Å²) >= 11 is 0. The molecule has 90 valence electrons. The number of benzene rings is 1. The van der Waals surface area contributed by atoms with Crippen LogP contribution in [0, 0.1) is 20.8 Å². The molecule has 0 spiro atoms. The average Bonchev–Trinajstić information content (AvgIpc) is 2.69. The molecule has 1 heterocycles. The Morgan fingerprint density at radius 1 is 1.12 bits per heavy atom. The second-order valence-electron chi connectivity index (χ2n) is 4.57. The van der Waals surface area contributed by atoms with Gasteiger partial charge in [0.15, 0.2) is 0 Å². The highest BCUT2D eigenvalue weighted by atomic mass is 16.3. The van der Waals surface area contributed by atoms with Crippen LogP contribution < -0.4 is 5.32 Å². The van der Waals surface area contributed by atoms with Crippen molar-refractivity contribution < 1.29 is 4.42 Å². The van der Waals surface area contributed by atoms with Gasteiger partial charge in [-0.05, 0) is 45.0 Å². The molecule has 2 rings (SSSR count). The summed E-state index contributed by atoms with van der Waals surface area (Å²) in [5.74, 6) is 0.949. The molecule has 0 aliphatic rings. The lowest BCUT2D eigenvalue weighted by molar-refractivity contribution is 0.527. The van der Waals surface area contributed by atoms with Crippen LogP contribution in [0.5, 0.6) is 0 Å². The first kappa shape index (κ1) is 11.9. The molecule has 1 N–H and O–H groups in total. The normalized spacial score (nSPS) is 12.7. The molecule has 0 bridgehead atoms. The van der Waals surface area contributed by atoms with Crippen molar-refractivity contribution in [1.29, 1.82) is 0 Å². The molecule has 1 aromatic carbocycles. The van der Waals surface area contributed by atoms with Crippen LogP contribution in [0.1, 0.15) is 34.1 Å². The first-order chi connectivity index (χ1) is 8.11. The van der Waals surface area contributed by atoms with Gasteiger partial charge >= 0.3 is 0 Å². The Morgan fingerprint density at radius 3 is 2.41 bits per heavy atom. The zero-order valence-electron chi connectivity index (χ0n) is 10.9. The van der Waals surface area contributed by atoms with Crippen LogP contribution >= 0.6 is 0 Å². The van der Waals surface area contributed by atoms with E-state index in [0.717, 1.165) is 5.76 Å². The van der Waals surface area contributed by atoms with Crippen molar-refractivity contribution in [2.75, 3.05) is 7.05 Å². The number of rotatable bonds is 3. The van der Waals surface area contributed by atoms with Gasteiger partial charge in [-0.3, -0.25) is 0 Å². The molecule has 1 unspecified atom stereocenters. The third-order valence-corrected chi connectivity index (χ3v) is 3.11. The Balaban J connectivity index is 2.42. The van der Waals surface area contributed by atoms with Gasteiger partial charge in [0.2, 0.25) is 0 Å². The fourth-order valence-corrected chi connectivity index (χ4v) is 2.27. The number of hydrogen-bond donors (Lipinski definition) is 1. The van der Waals surface area contributed by atoms with Gasteiger partial charge in [0.1, 0.15) is 5.76 Å². The van der Waals surface area contributed by atoms with Crippen LogP contribution in [0.4, 0.5) is 0 Å². The van der Waals surface area contributed by atoms with Crippen molar-refractivity contribution in [2.45, 2.75) is 26.8 Å². The topological polar surface area (TPSA) is 25.2 Å². The van der Waals surface area contributed by atoms with Gasteiger partial charge in [0, 0.05) is 5.56 Å². The van der Waals surface area contributed by atoms with E-state index in [-0.39, 0.29) is 6.04 Å². The summed E-state index contributed by atoms with van der Waals surface area (Å²) in [6.45, 7) is 6.24. The molecule has 0 aliphatic heterocycles. The Kier molecular flexibility index (Phi) is 3.34. The molecule has 0 amide bonds. The predicted octanol–water partition coefficient (Wildman–Crippen LogP) is 3.51. The summed E-state index contributed by atoms with van der Waals surface area (Å²) in [4.78, 5) is 0. The largest absolute Gasteiger partial charge is 0.469 e. The molecule has 0 radical (unpaired) electrons. The van der Waals surface area contributed by atoms with Crippen molar-refractivity contribution in [1.82, 2.24) is 5.32 Å². The number of nitrogens with one attached hydrogen (secondary N) is 1. The standard InChI is InChI=1S/C15H19NO/c1-10-5-6-14(11(2)7-10)15(16-4)13-8-12(3)17-9-13/h5-9,15-16H,1-4H3. The lowest BCUT2D eigenvalue weighted by Gasteiger charge is -2.17. The van der Waals surface area contributed by atoms with Crippen LogP contribution in [0.2, 0.25) is 0 Å². The van der Waals surface area contributed by atoms with Gasteiger partial charge in [-0.15, -0.1) is 0 Å². The van der Waals surface area contributed by atoms with Gasteiger partial charge in [-0.2, -0.15) is 0 Å². The van der Waals surface area contributed by atoms with Gasteiger partial charge in [0.05, 0.1) is 12.3 Å². The minimum atomic E-state index is 0.202. The molecule has 2 heteroatoms. The second kappa shape index (κ2) is 4.76. The van der Waals surface area contributed by atoms with Crippen LogP contribution in [-0.2, 0) is 0 Å². The fourth-order valence-electron chi connectivity index (χ4n) is 2.27. The monoisotopic (exact) mass is 229 g/mol. The second-order valence-corrected chi connectivity index (χ2v) is 4.57. The van der Waals surface area contributed by atoms with Gasteiger partial charge in [-0.1, -0.05) is 23.8 Å². The molecule has 0 fully saturated rings. The Morgan fingerprint density at radius 2 is 1.88 bits per heavy atom. The summed E-state index contributed by atoms with van der Waals surface area (Å²) in [6.07, 6.45) is 1.83. The Bertz CT molecular complexity index is 513. The van der Waals surface area contributed by atoms with Crippen LogP contribution in [0.25, 0.3) is 0 Å². The maximum absolute atomic E-state index is 5.39. The molecular formula is C15H19NO. The van der Waals surface area contributed by atoms with Crippen molar-refractivity contribution >= 4 is 0 Å². The SMILES string of the molecule is CNC(c1coc(C)c1)c1ccc(C)cc1C. The van der Waals surface area contributed by atoms with E-state index in [9.17, 15) is 0 Å². The number of furan rings is 1. The quantitative estimate of drug-likeness (QED) is 0.871. The van der Waals surface area contributed by atoms with E-state index in [2.05, 4.69) is 43.4 Å². The highest BCUT2D eigenvalue weighted by Crippen LogP contribution is 2.26. The van der Waals surface area contributed by atoms with Crippen LogP contribution in [-0.4, -0.2) is 7.05 Å². The summed E-state index contributed by atoms with van der Waals surface area (Å²) in [7, 11) is 1.98. The van der Waals surface area contributed by atoms with E-state index in [1.807, 2.05) is 20.2 Å². The fraction of sp³-hybridized carbons (Fsp3) is 0.333. The van der Waals surface area contributed by atoms with Crippen molar-refractivity contribution in [2.24, 2.45) is 0 Å². The minimum absolute atomic E-state index is 0.202. The Labute approximate surface area is 103 Å². The minimum Gasteiger partial charge on any atom is -0.469 e. The van der Waals surface area contributed by atoms with Gasteiger partial charge < -0.3 is 9.73 Å². The predicted molar refractivity (Wildman–Crippen MR) is 70.3 cm³/mol. The highest BCUT2D eigenvalue weighted by molar-refractivity contribution is 5.38. The van der Waals surface area contributed by atoms with E-state index in [1.165, 1.54) is 22.3 Å². The molecule has 2 nitrogen and oxygen atoms in total. The van der Waals surface area contributed by atoms with E-state index in [1.54, 1.807) is 0 Å². The van der Waals surface area contributed by atoms with Crippen molar-refractivity contribution in [3.8, 4) is 0 Å². The smallest absolute Gasteiger partial charge is 0.101 e. The summed E-state index contributed by atoms with van der Waals surface area (Å²) in [5.41, 5.74) is 5.09. The third kappa shape index (κ3) is 2.42. The van der Waals surface area contributed by atoms with Crippen LogP contribution in [0.15, 0.2) is 34.9 Å². The first-order valence-corrected chi connectivity index (χ1v) is 5.91. The highest BCUT2D eigenvalue weighted by Gasteiger charge is 2.15. The summed E-state index contributed by atoms with van der Waals surface area (Å²) < 4.78 is 5.39. The third-order valence-electron chi connectivity index (χ3n) is 3.11. The molecule has 0 saturated heterocycles. The zero-order valence-corrected chi connectivity index (χ0v) is 10.9. The van der Waals surface area contributed by atoms with E-state index in [0.29, 0.717) is 0 Å². The van der Waals surface area contributed by atoms with Gasteiger partial charge in [0.25, 0.3) is 0 Å². The molecular weight excluding hydrogens is 210 g/mol. The molecule has 0 saturated carbocycles. The van der Waals surface area contributed by atoms with Crippen molar-refractivity contribution in [3.05, 3.63) is 58.5 Å². The molecule has 1 atom stereocenters. The zero-order chi connectivity index (χ0) is 12.4. The van der Waals surface area contributed by atoms with E-state index < -0.39 is 0 Å². The molecule has 2 aromatic rings. The number of aryl methyl sites for hydroxylation is 3. The van der Waals surface area contributed by atoms with Gasteiger partial charge in [-0.25, -0.2) is 0 Å². The maximum atomic E-state index is 5.39. The van der Waals surface area contributed by atoms with E-state index >= 15 is 0 Å². The Hall–Kier alpha value is -1.54. The first-order valence-electron chi connectivity index (χ1n) is 5.91. The lowest BCUT2D eigenvalue weighted by atomic mass is 9.95.